The molecule has 0 spiro atoms. The van der Waals surface area contributed by atoms with Crippen LogP contribution in [0.4, 0.5) is 5.69 Å². The first-order chi connectivity index (χ1) is 12.1. The van der Waals surface area contributed by atoms with Gasteiger partial charge in [0.2, 0.25) is 5.91 Å². The molecule has 0 saturated carbocycles. The van der Waals surface area contributed by atoms with E-state index in [0.29, 0.717) is 24.1 Å². The molecule has 4 rings (SSSR count). The molecule has 2 fully saturated rings. The molecule has 0 aliphatic carbocycles. The number of aromatic nitrogens is 2. The van der Waals surface area contributed by atoms with Crippen LogP contribution in [0.1, 0.15) is 28.8 Å². The summed E-state index contributed by atoms with van der Waals surface area (Å²) >= 11 is 0. The van der Waals surface area contributed by atoms with Crippen molar-refractivity contribution in [1.29, 1.82) is 5.26 Å². The third-order valence-corrected chi connectivity index (χ3v) is 4.96. The normalized spacial score (nSPS) is 22.2. The van der Waals surface area contributed by atoms with Crippen LogP contribution in [0.25, 0.3) is 0 Å². The van der Waals surface area contributed by atoms with Gasteiger partial charge in [-0.2, -0.15) is 10.4 Å². The quantitative estimate of drug-likeness (QED) is 0.828. The molecule has 2 amide bonds. The highest BCUT2D eigenvalue weighted by atomic mass is 16.2. The third kappa shape index (κ3) is 2.47. The second kappa shape index (κ2) is 5.74. The molecule has 2 aromatic rings. The Morgan fingerprint density at radius 1 is 1.36 bits per heavy atom. The number of likely N-dealkylation sites (tertiary alicyclic amines) is 1. The number of hydrogen-bond donors (Lipinski definition) is 0. The second-order valence-corrected chi connectivity index (χ2v) is 6.45. The van der Waals surface area contributed by atoms with Crippen molar-refractivity contribution in [3.8, 4) is 6.07 Å². The lowest BCUT2D eigenvalue weighted by atomic mass is 10.1. The third-order valence-electron chi connectivity index (χ3n) is 4.96. The first kappa shape index (κ1) is 15.4. The average molecular weight is 335 g/mol. The van der Waals surface area contributed by atoms with E-state index in [9.17, 15) is 9.59 Å². The second-order valence-electron chi connectivity index (χ2n) is 6.45. The van der Waals surface area contributed by atoms with Crippen molar-refractivity contribution in [2.24, 2.45) is 7.05 Å². The van der Waals surface area contributed by atoms with Crippen molar-refractivity contribution in [2.75, 3.05) is 11.4 Å². The molecule has 2 saturated heterocycles. The van der Waals surface area contributed by atoms with Gasteiger partial charge in [-0.05, 0) is 24.6 Å². The van der Waals surface area contributed by atoms with Crippen LogP contribution in [-0.2, 0) is 11.8 Å². The van der Waals surface area contributed by atoms with E-state index in [-0.39, 0.29) is 23.9 Å². The van der Waals surface area contributed by atoms with Crippen molar-refractivity contribution < 1.29 is 9.59 Å². The number of nitriles is 1. The zero-order valence-corrected chi connectivity index (χ0v) is 13.8. The van der Waals surface area contributed by atoms with Crippen molar-refractivity contribution >= 4 is 17.5 Å². The lowest BCUT2D eigenvalue weighted by molar-refractivity contribution is -0.117. The van der Waals surface area contributed by atoms with Crippen molar-refractivity contribution in [3.05, 3.63) is 47.8 Å². The number of hydrogen-bond acceptors (Lipinski definition) is 4. The van der Waals surface area contributed by atoms with Crippen LogP contribution < -0.4 is 4.90 Å². The van der Waals surface area contributed by atoms with E-state index in [1.165, 1.54) is 0 Å². The maximum Gasteiger partial charge on any atom is 0.254 e. The van der Waals surface area contributed by atoms with Gasteiger partial charge in [0.25, 0.3) is 5.91 Å². The minimum atomic E-state index is -0.133. The monoisotopic (exact) mass is 335 g/mol. The Morgan fingerprint density at radius 3 is 2.92 bits per heavy atom. The number of rotatable bonds is 2. The summed E-state index contributed by atoms with van der Waals surface area (Å²) < 4.78 is 1.67. The van der Waals surface area contributed by atoms with Gasteiger partial charge in [-0.1, -0.05) is 6.07 Å². The lowest BCUT2D eigenvalue weighted by Gasteiger charge is -2.24. The van der Waals surface area contributed by atoms with Gasteiger partial charge >= 0.3 is 0 Å². The highest BCUT2D eigenvalue weighted by molar-refractivity contribution is 6.00. The fraction of sp³-hybridized carbons (Fsp3) is 0.333. The van der Waals surface area contributed by atoms with Crippen LogP contribution in [0.3, 0.4) is 0 Å². The molecule has 7 nitrogen and oxygen atoms in total. The number of amides is 2. The van der Waals surface area contributed by atoms with Crippen LogP contribution in [0.2, 0.25) is 0 Å². The van der Waals surface area contributed by atoms with E-state index < -0.39 is 0 Å². The van der Waals surface area contributed by atoms with Gasteiger partial charge in [-0.3, -0.25) is 14.3 Å². The van der Waals surface area contributed by atoms with E-state index in [0.717, 1.165) is 12.1 Å². The summed E-state index contributed by atoms with van der Waals surface area (Å²) in [5.41, 5.74) is 1.73. The Labute approximate surface area is 145 Å². The van der Waals surface area contributed by atoms with E-state index in [1.807, 2.05) is 13.2 Å². The highest BCUT2D eigenvalue weighted by Gasteiger charge is 2.49. The molecule has 0 N–H and O–H groups in total. The molecule has 1 aromatic carbocycles. The molecule has 25 heavy (non-hydrogen) atoms. The molecule has 0 unspecified atom stereocenters. The van der Waals surface area contributed by atoms with Crippen molar-refractivity contribution in [2.45, 2.75) is 24.9 Å². The number of benzene rings is 1. The Balaban J connectivity index is 1.60. The number of anilines is 1. The first-order valence-electron chi connectivity index (χ1n) is 8.20. The number of aryl methyl sites for hydroxylation is 1. The van der Waals surface area contributed by atoms with E-state index in [1.54, 1.807) is 44.9 Å². The summed E-state index contributed by atoms with van der Waals surface area (Å²) in [5.74, 6) is -0.100. The average Bonchev–Trinajstić information content (AvgIpc) is 3.29. The zero-order chi connectivity index (χ0) is 17.6. The number of fused-ring (bicyclic) bond motifs is 1. The summed E-state index contributed by atoms with van der Waals surface area (Å²) in [6.07, 6.45) is 4.57. The minimum absolute atomic E-state index is 0.0141. The van der Waals surface area contributed by atoms with E-state index in [4.69, 9.17) is 5.26 Å². The van der Waals surface area contributed by atoms with Crippen LogP contribution >= 0.6 is 0 Å². The highest BCUT2D eigenvalue weighted by Crippen LogP contribution is 2.36. The first-order valence-corrected chi connectivity index (χ1v) is 8.20. The van der Waals surface area contributed by atoms with Crippen LogP contribution in [0.5, 0.6) is 0 Å². The Hall–Kier alpha value is -3.14. The Kier molecular flexibility index (Phi) is 3.53. The molecule has 1 aromatic heterocycles. The minimum Gasteiger partial charge on any atom is -0.333 e. The van der Waals surface area contributed by atoms with Crippen molar-refractivity contribution in [3.63, 3.8) is 0 Å². The predicted molar refractivity (Wildman–Crippen MR) is 89.7 cm³/mol. The van der Waals surface area contributed by atoms with Crippen molar-refractivity contribution in [1.82, 2.24) is 14.7 Å². The van der Waals surface area contributed by atoms with E-state index >= 15 is 0 Å². The molecular weight excluding hydrogens is 318 g/mol. The molecular formula is C18H17N5O2. The maximum absolute atomic E-state index is 12.9. The molecule has 3 heterocycles. The van der Waals surface area contributed by atoms with Gasteiger partial charge in [0.05, 0.1) is 35.6 Å². The summed E-state index contributed by atoms with van der Waals surface area (Å²) in [6.45, 7) is 0.606. The summed E-state index contributed by atoms with van der Waals surface area (Å²) in [5, 5.41) is 13.2. The van der Waals surface area contributed by atoms with Gasteiger partial charge in [0.1, 0.15) is 0 Å². The number of carbonyl (C=O) groups is 2. The van der Waals surface area contributed by atoms with Gasteiger partial charge in [0.15, 0.2) is 0 Å². The topological polar surface area (TPSA) is 82.2 Å². The zero-order valence-electron chi connectivity index (χ0n) is 13.8. The SMILES string of the molecule is Cn1cc(N2C(=O)C[C@H]3[C@H]2CCN3C(=O)c2cccc(C#N)c2)cn1. The molecule has 126 valence electrons. The predicted octanol–water partition coefficient (Wildman–Crippen LogP) is 1.31. The van der Waals surface area contributed by atoms with Crippen LogP contribution in [0, 0.1) is 11.3 Å². The van der Waals surface area contributed by atoms with Gasteiger partial charge < -0.3 is 9.80 Å². The summed E-state index contributed by atoms with van der Waals surface area (Å²) in [6, 6.07) is 8.61. The lowest BCUT2D eigenvalue weighted by Crippen LogP contribution is -2.40. The molecule has 2 atom stereocenters. The van der Waals surface area contributed by atoms with Gasteiger partial charge in [-0.15, -0.1) is 0 Å². The molecule has 2 aliphatic rings. The number of nitrogens with zero attached hydrogens (tertiary/aromatic N) is 5. The smallest absolute Gasteiger partial charge is 0.254 e. The summed E-state index contributed by atoms with van der Waals surface area (Å²) in [7, 11) is 1.81. The van der Waals surface area contributed by atoms with Gasteiger partial charge in [0, 0.05) is 31.8 Å². The fourth-order valence-corrected chi connectivity index (χ4v) is 3.85. The molecule has 7 heteroatoms. The molecule has 0 radical (unpaired) electrons. The largest absolute Gasteiger partial charge is 0.333 e. The molecule has 2 aliphatic heterocycles. The van der Waals surface area contributed by atoms with Crippen LogP contribution in [-0.4, -0.2) is 45.1 Å². The maximum atomic E-state index is 12.9. The summed E-state index contributed by atoms with van der Waals surface area (Å²) in [4.78, 5) is 28.9. The standard InChI is InChI=1S/C18H17N5O2/c1-21-11-14(10-20-21)23-15-5-6-22(16(15)8-17(23)24)18(25)13-4-2-3-12(7-13)9-19/h2-4,7,10-11,15-16H,5-6,8H2,1H3/t15-,16+/m1/s1. The van der Waals surface area contributed by atoms with E-state index in [2.05, 4.69) is 11.2 Å². The Bertz CT molecular complexity index is 897. The molecule has 0 bridgehead atoms. The van der Waals surface area contributed by atoms with Gasteiger partial charge in [-0.25, -0.2) is 0 Å². The fourth-order valence-electron chi connectivity index (χ4n) is 3.85. The number of carbonyl (C=O) groups excluding carboxylic acids is 2. The van der Waals surface area contributed by atoms with Crippen LogP contribution in [0.15, 0.2) is 36.7 Å². The Morgan fingerprint density at radius 2 is 2.20 bits per heavy atom.